The predicted molar refractivity (Wildman–Crippen MR) is 94.2 cm³/mol. The molecule has 4 heteroatoms. The highest BCUT2D eigenvalue weighted by Crippen LogP contribution is 2.37. The Kier molecular flexibility index (Phi) is 4.08. The zero-order valence-electron chi connectivity index (χ0n) is 13.9. The monoisotopic (exact) mass is 311 g/mol. The van der Waals surface area contributed by atoms with Crippen LogP contribution in [-0.2, 0) is 13.0 Å². The molecule has 1 aromatic carbocycles. The standard InChI is InChI=1S/C19H25N3O/c1-23-17-11-14(13-22-8-3-2-4-9-22)10-16-18(17)19-15(12-21-16)6-5-7-20-19/h10-12,20H,2-9,13H2,1H3. The second-order valence-electron chi connectivity index (χ2n) is 6.72. The number of pyridine rings is 1. The van der Waals surface area contributed by atoms with Crippen LogP contribution in [0.15, 0.2) is 18.3 Å². The Morgan fingerprint density at radius 1 is 1.17 bits per heavy atom. The third-order valence-electron chi connectivity index (χ3n) is 5.07. The number of piperidine rings is 1. The Balaban J connectivity index is 1.73. The van der Waals surface area contributed by atoms with Crippen LogP contribution >= 0.6 is 0 Å². The molecule has 1 aromatic heterocycles. The van der Waals surface area contributed by atoms with Crippen molar-refractivity contribution in [1.29, 1.82) is 0 Å². The van der Waals surface area contributed by atoms with Gasteiger partial charge in [-0.05, 0) is 62.0 Å². The number of methoxy groups -OCH3 is 1. The van der Waals surface area contributed by atoms with Crippen LogP contribution < -0.4 is 10.1 Å². The van der Waals surface area contributed by atoms with Crippen molar-refractivity contribution in [2.24, 2.45) is 0 Å². The number of fused-ring (bicyclic) bond motifs is 3. The van der Waals surface area contributed by atoms with Gasteiger partial charge in [0.1, 0.15) is 5.75 Å². The summed E-state index contributed by atoms with van der Waals surface area (Å²) in [5, 5.41) is 4.70. The average Bonchev–Trinajstić information content (AvgIpc) is 2.61. The molecule has 0 unspecified atom stereocenters. The first-order valence-electron chi connectivity index (χ1n) is 8.80. The van der Waals surface area contributed by atoms with Crippen molar-refractivity contribution in [3.63, 3.8) is 0 Å². The molecule has 0 saturated carbocycles. The quantitative estimate of drug-likeness (QED) is 0.940. The number of aromatic nitrogens is 1. The first kappa shape index (κ1) is 14.8. The van der Waals surface area contributed by atoms with Gasteiger partial charge < -0.3 is 10.1 Å². The maximum Gasteiger partial charge on any atom is 0.130 e. The summed E-state index contributed by atoms with van der Waals surface area (Å²) in [7, 11) is 1.77. The average molecular weight is 311 g/mol. The van der Waals surface area contributed by atoms with Crippen molar-refractivity contribution < 1.29 is 4.74 Å². The Morgan fingerprint density at radius 2 is 2.04 bits per heavy atom. The number of likely N-dealkylation sites (tertiary alicyclic amines) is 1. The van der Waals surface area contributed by atoms with E-state index in [9.17, 15) is 0 Å². The van der Waals surface area contributed by atoms with Gasteiger partial charge in [-0.2, -0.15) is 0 Å². The van der Waals surface area contributed by atoms with Crippen molar-refractivity contribution in [3.8, 4) is 5.75 Å². The molecular weight excluding hydrogens is 286 g/mol. The van der Waals surface area contributed by atoms with E-state index in [0.29, 0.717) is 0 Å². The first-order valence-corrected chi connectivity index (χ1v) is 8.80. The fourth-order valence-corrected chi connectivity index (χ4v) is 3.89. The summed E-state index contributed by atoms with van der Waals surface area (Å²) in [6.07, 6.45) is 8.32. The lowest BCUT2D eigenvalue weighted by Gasteiger charge is -2.27. The van der Waals surface area contributed by atoms with Crippen molar-refractivity contribution in [2.75, 3.05) is 32.1 Å². The molecule has 1 fully saturated rings. The summed E-state index contributed by atoms with van der Waals surface area (Å²) < 4.78 is 5.72. The molecule has 0 aliphatic carbocycles. The highest BCUT2D eigenvalue weighted by atomic mass is 16.5. The van der Waals surface area contributed by atoms with E-state index in [0.717, 1.165) is 36.2 Å². The summed E-state index contributed by atoms with van der Waals surface area (Å²) >= 11 is 0. The van der Waals surface area contributed by atoms with Gasteiger partial charge in [-0.25, -0.2) is 0 Å². The number of hydrogen-bond acceptors (Lipinski definition) is 4. The molecule has 122 valence electrons. The van der Waals surface area contributed by atoms with Crippen LogP contribution in [0.4, 0.5) is 5.69 Å². The SMILES string of the molecule is COc1cc(CN2CCCCC2)cc2ncc3c(c12)NCCC3. The molecule has 1 saturated heterocycles. The fraction of sp³-hybridized carbons (Fsp3) is 0.526. The topological polar surface area (TPSA) is 37.4 Å². The van der Waals surface area contributed by atoms with E-state index < -0.39 is 0 Å². The van der Waals surface area contributed by atoms with E-state index >= 15 is 0 Å². The van der Waals surface area contributed by atoms with Crippen LogP contribution in [0.3, 0.4) is 0 Å². The molecular formula is C19H25N3O. The van der Waals surface area contributed by atoms with E-state index in [1.807, 2.05) is 6.20 Å². The third-order valence-corrected chi connectivity index (χ3v) is 5.07. The van der Waals surface area contributed by atoms with Gasteiger partial charge in [0.25, 0.3) is 0 Å². The largest absolute Gasteiger partial charge is 0.496 e. The van der Waals surface area contributed by atoms with Crippen LogP contribution in [0.5, 0.6) is 5.75 Å². The van der Waals surface area contributed by atoms with Crippen LogP contribution in [-0.4, -0.2) is 36.6 Å². The molecule has 2 aliphatic rings. The highest BCUT2D eigenvalue weighted by molar-refractivity contribution is 5.98. The van der Waals surface area contributed by atoms with Gasteiger partial charge >= 0.3 is 0 Å². The summed E-state index contributed by atoms with van der Waals surface area (Å²) in [4.78, 5) is 7.26. The van der Waals surface area contributed by atoms with Gasteiger partial charge in [0.05, 0.1) is 23.7 Å². The number of nitrogens with zero attached hydrogens (tertiary/aromatic N) is 2. The lowest BCUT2D eigenvalue weighted by atomic mass is 10.00. The van der Waals surface area contributed by atoms with E-state index in [1.165, 1.54) is 55.6 Å². The number of aryl methyl sites for hydroxylation is 1. The Hall–Kier alpha value is -1.81. The van der Waals surface area contributed by atoms with Gasteiger partial charge in [-0.15, -0.1) is 0 Å². The lowest BCUT2D eigenvalue weighted by Crippen LogP contribution is -2.29. The number of benzene rings is 1. The Labute approximate surface area is 137 Å². The first-order chi connectivity index (χ1) is 11.3. The smallest absolute Gasteiger partial charge is 0.130 e. The van der Waals surface area contributed by atoms with Gasteiger partial charge in [0, 0.05) is 19.3 Å². The minimum absolute atomic E-state index is 0.952. The van der Waals surface area contributed by atoms with E-state index in [4.69, 9.17) is 9.72 Å². The molecule has 0 spiro atoms. The molecule has 2 aliphatic heterocycles. The Morgan fingerprint density at radius 3 is 2.87 bits per heavy atom. The third kappa shape index (κ3) is 2.88. The van der Waals surface area contributed by atoms with E-state index in [2.05, 4.69) is 22.3 Å². The van der Waals surface area contributed by atoms with Gasteiger partial charge in [-0.3, -0.25) is 9.88 Å². The second-order valence-corrected chi connectivity index (χ2v) is 6.72. The van der Waals surface area contributed by atoms with Crippen molar-refractivity contribution >= 4 is 16.6 Å². The zero-order chi connectivity index (χ0) is 15.6. The number of hydrogen-bond donors (Lipinski definition) is 1. The lowest BCUT2D eigenvalue weighted by molar-refractivity contribution is 0.221. The molecule has 1 N–H and O–H groups in total. The maximum absolute atomic E-state index is 5.72. The summed E-state index contributed by atoms with van der Waals surface area (Å²) in [6.45, 7) is 4.45. The molecule has 4 nitrogen and oxygen atoms in total. The minimum Gasteiger partial charge on any atom is -0.496 e. The number of ether oxygens (including phenoxy) is 1. The molecule has 0 bridgehead atoms. The molecule has 23 heavy (non-hydrogen) atoms. The minimum atomic E-state index is 0.952. The van der Waals surface area contributed by atoms with Crippen LogP contribution in [0.1, 0.15) is 36.8 Å². The van der Waals surface area contributed by atoms with E-state index in [-0.39, 0.29) is 0 Å². The number of nitrogens with one attached hydrogen (secondary N) is 1. The predicted octanol–water partition coefficient (Wildman–Crippen LogP) is 3.59. The zero-order valence-corrected chi connectivity index (χ0v) is 13.9. The van der Waals surface area contributed by atoms with Gasteiger partial charge in [0.2, 0.25) is 0 Å². The highest BCUT2D eigenvalue weighted by Gasteiger charge is 2.18. The van der Waals surface area contributed by atoms with Crippen molar-refractivity contribution in [2.45, 2.75) is 38.6 Å². The van der Waals surface area contributed by atoms with Crippen LogP contribution in [0.2, 0.25) is 0 Å². The normalized spacial score (nSPS) is 18.5. The Bertz CT molecular complexity index is 707. The molecule has 4 rings (SSSR count). The summed E-state index contributed by atoms with van der Waals surface area (Å²) in [6, 6.07) is 4.44. The van der Waals surface area contributed by atoms with Crippen molar-refractivity contribution in [1.82, 2.24) is 9.88 Å². The number of anilines is 1. The fourth-order valence-electron chi connectivity index (χ4n) is 3.89. The van der Waals surface area contributed by atoms with Crippen LogP contribution in [0.25, 0.3) is 10.9 Å². The van der Waals surface area contributed by atoms with Crippen LogP contribution in [0, 0.1) is 0 Å². The summed E-state index contributed by atoms with van der Waals surface area (Å²) in [5.41, 5.74) is 4.89. The number of rotatable bonds is 3. The summed E-state index contributed by atoms with van der Waals surface area (Å²) in [5.74, 6) is 0.952. The van der Waals surface area contributed by atoms with E-state index in [1.54, 1.807) is 7.11 Å². The molecule has 0 radical (unpaired) electrons. The molecule has 0 atom stereocenters. The molecule has 0 amide bonds. The van der Waals surface area contributed by atoms with Gasteiger partial charge in [0.15, 0.2) is 0 Å². The molecule has 3 heterocycles. The second kappa shape index (κ2) is 6.36. The maximum atomic E-state index is 5.72. The van der Waals surface area contributed by atoms with Gasteiger partial charge in [-0.1, -0.05) is 6.42 Å². The molecule has 2 aromatic rings. The van der Waals surface area contributed by atoms with Crippen molar-refractivity contribution in [3.05, 3.63) is 29.5 Å².